The van der Waals surface area contributed by atoms with Crippen LogP contribution in [0, 0.1) is 6.92 Å². The average Bonchev–Trinajstić information content (AvgIpc) is 2.41. The van der Waals surface area contributed by atoms with Crippen molar-refractivity contribution in [2.75, 3.05) is 7.05 Å². The van der Waals surface area contributed by atoms with Crippen molar-refractivity contribution in [2.45, 2.75) is 10.8 Å². The Morgan fingerprint density at radius 3 is 2.73 bits per heavy atom. The van der Waals surface area contributed by atoms with Crippen LogP contribution in [0.1, 0.15) is 5.82 Å². The number of benzene rings is 1. The van der Waals surface area contributed by atoms with E-state index >= 15 is 0 Å². The van der Waals surface area contributed by atoms with E-state index in [1.165, 1.54) is 14.0 Å². The van der Waals surface area contributed by atoms with Gasteiger partial charge in [0.1, 0.15) is 5.82 Å². The fourth-order valence-corrected chi connectivity index (χ4v) is 2.70. The molecule has 0 saturated carbocycles. The van der Waals surface area contributed by atoms with E-state index in [0.717, 1.165) is 9.04 Å². The number of carbonyl (C=O) groups is 1. The molecule has 0 aliphatic carbocycles. The first-order chi connectivity index (χ1) is 10.2. The summed E-state index contributed by atoms with van der Waals surface area (Å²) in [4.78, 5) is 33.2. The topological polar surface area (TPSA) is 64.4 Å². The van der Waals surface area contributed by atoms with Gasteiger partial charge in [-0.25, -0.2) is 14.1 Å². The summed E-state index contributed by atoms with van der Waals surface area (Å²) in [6, 6.07) is 6.61. The van der Waals surface area contributed by atoms with Gasteiger partial charge in [0.05, 0.1) is 10.9 Å². The van der Waals surface area contributed by atoms with Crippen LogP contribution in [0.4, 0.5) is 9.18 Å². The normalized spacial score (nSPS) is 11.5. The monoisotopic (exact) mass is 365 g/mol. The number of fused-ring (bicyclic) bond motifs is 1. The zero-order valence-electron chi connectivity index (χ0n) is 11.4. The maximum atomic E-state index is 13.1. The Labute approximate surface area is 138 Å². The molecule has 0 spiro atoms. The molecule has 10 heteroatoms. The van der Waals surface area contributed by atoms with Gasteiger partial charge >= 0.3 is 10.0 Å². The minimum Gasteiger partial charge on any atom is -0.311 e. The highest BCUT2D eigenvalue weighted by Crippen LogP contribution is 2.37. The molecule has 118 valence electrons. The highest BCUT2D eigenvalue weighted by Gasteiger charge is 2.30. The summed E-state index contributed by atoms with van der Waals surface area (Å²) in [6.45, 7) is 1.50. The second-order valence-corrected chi connectivity index (χ2v) is 7.14. The summed E-state index contributed by atoms with van der Waals surface area (Å²) in [7, 11) is 1.20. The van der Waals surface area contributed by atoms with Gasteiger partial charge in [0.2, 0.25) is 0 Å². The van der Waals surface area contributed by atoms with Crippen molar-refractivity contribution in [3.05, 3.63) is 40.4 Å². The molecular weight excluding hydrogens is 356 g/mol. The average molecular weight is 366 g/mol. The second-order valence-electron chi connectivity index (χ2n) is 4.17. The molecule has 1 heterocycles. The highest BCUT2D eigenvalue weighted by molar-refractivity contribution is 8.01. The minimum atomic E-state index is -2.70. The van der Waals surface area contributed by atoms with E-state index in [0.29, 0.717) is 5.52 Å². The summed E-state index contributed by atoms with van der Waals surface area (Å²) >= 11 is 10.5. The molecule has 2 aromatic rings. The molecular formula is C12H10Cl2FN3O3S. The van der Waals surface area contributed by atoms with E-state index in [1.807, 2.05) is 0 Å². The van der Waals surface area contributed by atoms with Gasteiger partial charge in [-0.15, -0.1) is 4.73 Å². The third kappa shape index (κ3) is 3.82. The molecule has 1 aromatic heterocycles. The van der Waals surface area contributed by atoms with Crippen LogP contribution < -0.4 is 10.4 Å². The SMILES string of the molecule is Cc1nc2ccccc2c(=O)n1OC(=O)N(C)SC(F)(Cl)Cl. The van der Waals surface area contributed by atoms with Gasteiger partial charge in [0, 0.05) is 19.0 Å². The highest BCUT2D eigenvalue weighted by atomic mass is 35.5. The Bertz CT molecular complexity index is 778. The standard InChI is InChI=1S/C12H10Cl2FN3O3S/c1-7-16-9-6-4-3-5-8(9)10(19)18(7)21-11(20)17(2)22-12(13,14)15/h3-6H,1-2H3. The van der Waals surface area contributed by atoms with Crippen LogP contribution in [0.25, 0.3) is 10.9 Å². The maximum Gasteiger partial charge on any atom is 0.444 e. The summed E-state index contributed by atoms with van der Waals surface area (Å²) in [6.07, 6.45) is -1.03. The summed E-state index contributed by atoms with van der Waals surface area (Å²) in [5.74, 6) is 0.165. The third-order valence-corrected chi connectivity index (χ3v) is 3.61. The van der Waals surface area contributed by atoms with E-state index in [4.69, 9.17) is 28.0 Å². The Kier molecular flexibility index (Phi) is 4.84. The lowest BCUT2D eigenvalue weighted by Gasteiger charge is -2.19. The Morgan fingerprint density at radius 2 is 2.09 bits per heavy atom. The number of aryl methyl sites for hydroxylation is 1. The predicted molar refractivity (Wildman–Crippen MR) is 83.6 cm³/mol. The van der Waals surface area contributed by atoms with E-state index in [9.17, 15) is 14.0 Å². The quantitative estimate of drug-likeness (QED) is 0.618. The van der Waals surface area contributed by atoms with Crippen molar-refractivity contribution in [3.63, 3.8) is 0 Å². The first-order valence-corrected chi connectivity index (χ1v) is 7.42. The van der Waals surface area contributed by atoms with E-state index in [2.05, 4.69) is 4.98 Å². The number of halogens is 3. The van der Waals surface area contributed by atoms with E-state index in [1.54, 1.807) is 24.3 Å². The summed E-state index contributed by atoms with van der Waals surface area (Å²) in [5.41, 5.74) is -0.0811. The first-order valence-electron chi connectivity index (χ1n) is 5.89. The van der Waals surface area contributed by atoms with Gasteiger partial charge < -0.3 is 4.84 Å². The zero-order chi connectivity index (χ0) is 16.5. The fraction of sp³-hybridized carbons (Fsp3) is 0.250. The number of para-hydroxylation sites is 1. The van der Waals surface area contributed by atoms with Crippen LogP contribution in [-0.4, -0.2) is 31.1 Å². The molecule has 2 rings (SSSR count). The smallest absolute Gasteiger partial charge is 0.311 e. The number of carbonyl (C=O) groups excluding carboxylic acids is 1. The van der Waals surface area contributed by atoms with Crippen molar-refractivity contribution in [1.29, 1.82) is 0 Å². The maximum absolute atomic E-state index is 13.1. The molecule has 0 atom stereocenters. The molecule has 0 N–H and O–H groups in total. The Balaban J connectivity index is 2.32. The molecule has 0 unspecified atom stereocenters. The van der Waals surface area contributed by atoms with Crippen molar-refractivity contribution in [2.24, 2.45) is 0 Å². The van der Waals surface area contributed by atoms with Gasteiger partial charge in [-0.2, -0.15) is 4.39 Å². The molecule has 0 aliphatic heterocycles. The number of rotatable bonds is 3. The van der Waals surface area contributed by atoms with Gasteiger partial charge in [-0.1, -0.05) is 35.3 Å². The molecule has 0 aliphatic rings. The van der Waals surface area contributed by atoms with E-state index in [-0.39, 0.29) is 23.2 Å². The number of amides is 1. The van der Waals surface area contributed by atoms with E-state index < -0.39 is 15.6 Å². The van der Waals surface area contributed by atoms with Crippen LogP contribution in [0.3, 0.4) is 0 Å². The van der Waals surface area contributed by atoms with Crippen molar-refractivity contribution in [1.82, 2.24) is 14.0 Å². The lowest BCUT2D eigenvalue weighted by atomic mass is 10.2. The van der Waals surface area contributed by atoms with Crippen LogP contribution in [0.2, 0.25) is 0 Å². The molecule has 0 fully saturated rings. The number of hydrogen-bond acceptors (Lipinski definition) is 5. The van der Waals surface area contributed by atoms with Crippen LogP contribution >= 0.6 is 35.1 Å². The molecule has 1 amide bonds. The lowest BCUT2D eigenvalue weighted by Crippen LogP contribution is -2.38. The van der Waals surface area contributed by atoms with Gasteiger partial charge in [-0.05, 0) is 19.1 Å². The molecule has 0 saturated heterocycles. The summed E-state index contributed by atoms with van der Waals surface area (Å²) < 4.78 is 11.8. The molecule has 22 heavy (non-hydrogen) atoms. The Morgan fingerprint density at radius 1 is 1.45 bits per heavy atom. The largest absolute Gasteiger partial charge is 0.444 e. The van der Waals surface area contributed by atoms with Crippen LogP contribution in [0.5, 0.6) is 0 Å². The predicted octanol–water partition coefficient (Wildman–Crippen LogP) is 2.89. The summed E-state index contributed by atoms with van der Waals surface area (Å²) in [5, 5.41) is 0.283. The first kappa shape index (κ1) is 16.9. The van der Waals surface area contributed by atoms with Crippen LogP contribution in [0.15, 0.2) is 29.1 Å². The van der Waals surface area contributed by atoms with Gasteiger partial charge in [0.25, 0.3) is 5.56 Å². The minimum absolute atomic E-state index is 0.165. The van der Waals surface area contributed by atoms with Crippen LogP contribution in [-0.2, 0) is 0 Å². The Hall–Kier alpha value is -1.51. The third-order valence-electron chi connectivity index (χ3n) is 2.56. The molecule has 1 aromatic carbocycles. The molecule has 0 radical (unpaired) electrons. The van der Waals surface area contributed by atoms with Crippen molar-refractivity contribution in [3.8, 4) is 0 Å². The number of nitrogens with zero attached hydrogens (tertiary/aromatic N) is 3. The molecule has 0 bridgehead atoms. The number of hydrogen-bond donors (Lipinski definition) is 0. The lowest BCUT2D eigenvalue weighted by molar-refractivity contribution is 0.112. The number of alkyl halides is 3. The van der Waals surface area contributed by atoms with Gasteiger partial charge in [-0.3, -0.25) is 4.79 Å². The number of aromatic nitrogens is 2. The van der Waals surface area contributed by atoms with Gasteiger partial charge in [0.15, 0.2) is 0 Å². The van der Waals surface area contributed by atoms with Crippen molar-refractivity contribution < 1.29 is 14.0 Å². The van der Waals surface area contributed by atoms with Crippen molar-refractivity contribution >= 4 is 52.1 Å². The second kappa shape index (κ2) is 6.31. The molecule has 6 nitrogen and oxygen atoms in total. The zero-order valence-corrected chi connectivity index (χ0v) is 13.7. The fourth-order valence-electron chi connectivity index (χ4n) is 1.66.